The molecule has 0 radical (unpaired) electrons. The predicted octanol–water partition coefficient (Wildman–Crippen LogP) is 2.35. The molecule has 2 rings (SSSR count). The molecule has 0 spiro atoms. The van der Waals surface area contributed by atoms with Crippen molar-refractivity contribution in [2.75, 3.05) is 5.73 Å². The van der Waals surface area contributed by atoms with Crippen LogP contribution < -0.4 is 10.5 Å². The maximum Gasteiger partial charge on any atom is 0.242 e. The van der Waals surface area contributed by atoms with Crippen LogP contribution in [0.25, 0.3) is 0 Å². The highest BCUT2D eigenvalue weighted by Crippen LogP contribution is 2.32. The third kappa shape index (κ3) is 3.06. The third-order valence-electron chi connectivity index (χ3n) is 2.50. The highest BCUT2D eigenvalue weighted by atomic mass is 35.5. The summed E-state index contributed by atoms with van der Waals surface area (Å²) in [7, 11) is -3.82. The fourth-order valence-corrected chi connectivity index (χ4v) is 3.27. The number of hydrogen-bond donors (Lipinski definition) is 2. The number of hydrogen-bond acceptors (Lipinski definition) is 5. The van der Waals surface area contributed by atoms with Gasteiger partial charge in [-0.3, -0.25) is 0 Å². The second-order valence-corrected chi connectivity index (χ2v) is 6.55. The second-order valence-electron chi connectivity index (χ2n) is 4.03. The molecule has 3 N–H and O–H groups in total. The first-order valence-corrected chi connectivity index (χ1v) is 7.70. The molecule has 1 aromatic heterocycles. The maximum absolute atomic E-state index is 12.1. The summed E-state index contributed by atoms with van der Waals surface area (Å²) < 4.78 is 31.5. The van der Waals surface area contributed by atoms with Gasteiger partial charge < -0.3 is 10.3 Å². The van der Waals surface area contributed by atoms with E-state index < -0.39 is 10.0 Å². The van der Waals surface area contributed by atoms with Gasteiger partial charge in [0.15, 0.2) is 0 Å². The summed E-state index contributed by atoms with van der Waals surface area (Å²) in [6.07, 6.45) is 0. The van der Waals surface area contributed by atoms with Crippen LogP contribution in [0.2, 0.25) is 10.0 Å². The van der Waals surface area contributed by atoms with Crippen molar-refractivity contribution in [2.45, 2.75) is 18.4 Å². The SMILES string of the molecule is Cc1cc(CNS(=O)(=O)c2ccc(Cl)c(N)c2Cl)no1. The molecule has 0 aliphatic heterocycles. The van der Waals surface area contributed by atoms with E-state index in [0.29, 0.717) is 11.5 Å². The van der Waals surface area contributed by atoms with Crippen LogP contribution in [-0.2, 0) is 16.6 Å². The number of benzene rings is 1. The number of nitrogens with two attached hydrogens (primary N) is 1. The molecule has 6 nitrogen and oxygen atoms in total. The molecule has 1 heterocycles. The molecule has 0 aliphatic rings. The minimum atomic E-state index is -3.82. The van der Waals surface area contributed by atoms with Crippen LogP contribution in [0.1, 0.15) is 11.5 Å². The van der Waals surface area contributed by atoms with Crippen LogP contribution in [0.15, 0.2) is 27.6 Å². The molecule has 0 saturated heterocycles. The number of rotatable bonds is 4. The van der Waals surface area contributed by atoms with Crippen molar-refractivity contribution < 1.29 is 12.9 Å². The Bertz CT molecular complexity index is 743. The lowest BCUT2D eigenvalue weighted by molar-refractivity contribution is 0.390. The Morgan fingerprint density at radius 1 is 1.40 bits per heavy atom. The van der Waals surface area contributed by atoms with Gasteiger partial charge in [-0.2, -0.15) is 0 Å². The Morgan fingerprint density at radius 3 is 2.70 bits per heavy atom. The number of sulfonamides is 1. The molecule has 9 heteroatoms. The van der Waals surface area contributed by atoms with Crippen LogP contribution in [0, 0.1) is 6.92 Å². The summed E-state index contributed by atoms with van der Waals surface area (Å²) in [6.45, 7) is 1.69. The van der Waals surface area contributed by atoms with Gasteiger partial charge in [-0.1, -0.05) is 28.4 Å². The fraction of sp³-hybridized carbons (Fsp3) is 0.182. The van der Waals surface area contributed by atoms with Crippen molar-refractivity contribution in [3.63, 3.8) is 0 Å². The zero-order valence-electron chi connectivity index (χ0n) is 10.4. The van der Waals surface area contributed by atoms with Crippen molar-refractivity contribution in [3.8, 4) is 0 Å². The van der Waals surface area contributed by atoms with E-state index in [0.717, 1.165) is 0 Å². The minimum Gasteiger partial charge on any atom is -0.396 e. The van der Waals surface area contributed by atoms with Crippen LogP contribution in [0.3, 0.4) is 0 Å². The summed E-state index contributed by atoms with van der Waals surface area (Å²) >= 11 is 11.7. The highest BCUT2D eigenvalue weighted by Gasteiger charge is 2.21. The quantitative estimate of drug-likeness (QED) is 0.835. The van der Waals surface area contributed by atoms with E-state index in [2.05, 4.69) is 9.88 Å². The molecule has 0 fully saturated rings. The second kappa shape index (κ2) is 5.61. The van der Waals surface area contributed by atoms with Gasteiger partial charge in [0.25, 0.3) is 0 Å². The molecule has 20 heavy (non-hydrogen) atoms. The van der Waals surface area contributed by atoms with Crippen LogP contribution in [-0.4, -0.2) is 13.6 Å². The van der Waals surface area contributed by atoms with E-state index >= 15 is 0 Å². The van der Waals surface area contributed by atoms with E-state index in [1.54, 1.807) is 13.0 Å². The van der Waals surface area contributed by atoms with Gasteiger partial charge >= 0.3 is 0 Å². The summed E-state index contributed by atoms with van der Waals surface area (Å²) in [5, 5.41) is 3.77. The lowest BCUT2D eigenvalue weighted by Crippen LogP contribution is -2.24. The average Bonchev–Trinajstić information content (AvgIpc) is 2.79. The van der Waals surface area contributed by atoms with Crippen molar-refractivity contribution in [3.05, 3.63) is 39.7 Å². The molecular weight excluding hydrogens is 325 g/mol. The van der Waals surface area contributed by atoms with E-state index in [-0.39, 0.29) is 27.2 Å². The summed E-state index contributed by atoms with van der Waals surface area (Å²) in [4.78, 5) is -0.138. The molecule has 0 bridgehead atoms. The maximum atomic E-state index is 12.1. The molecule has 2 aromatic rings. The Balaban J connectivity index is 2.25. The highest BCUT2D eigenvalue weighted by molar-refractivity contribution is 7.89. The molecule has 1 aromatic carbocycles. The van der Waals surface area contributed by atoms with Crippen LogP contribution in [0.4, 0.5) is 5.69 Å². The molecule has 0 aliphatic carbocycles. The van der Waals surface area contributed by atoms with Gasteiger partial charge in [-0.05, 0) is 19.1 Å². The first-order chi connectivity index (χ1) is 9.31. The van der Waals surface area contributed by atoms with Gasteiger partial charge in [0.05, 0.1) is 28.0 Å². The summed E-state index contributed by atoms with van der Waals surface area (Å²) in [5.41, 5.74) is 6.09. The number of halogens is 2. The van der Waals surface area contributed by atoms with Crippen molar-refractivity contribution in [1.29, 1.82) is 0 Å². The summed E-state index contributed by atoms with van der Waals surface area (Å²) in [6, 6.07) is 4.29. The van der Waals surface area contributed by atoms with Crippen molar-refractivity contribution >= 4 is 38.9 Å². The number of nitrogen functional groups attached to an aromatic ring is 1. The normalized spacial score (nSPS) is 11.8. The molecule has 0 saturated carbocycles. The molecule has 0 unspecified atom stereocenters. The topological polar surface area (TPSA) is 98.2 Å². The predicted molar refractivity (Wildman–Crippen MR) is 76.1 cm³/mol. The minimum absolute atomic E-state index is 0.0153. The smallest absolute Gasteiger partial charge is 0.242 e. The van der Waals surface area contributed by atoms with E-state index in [1.807, 2.05) is 0 Å². The van der Waals surface area contributed by atoms with Crippen molar-refractivity contribution in [1.82, 2.24) is 9.88 Å². The van der Waals surface area contributed by atoms with Gasteiger partial charge in [0.1, 0.15) is 10.7 Å². The van der Waals surface area contributed by atoms with Crippen molar-refractivity contribution in [2.24, 2.45) is 0 Å². The largest absolute Gasteiger partial charge is 0.396 e. The Kier molecular flexibility index (Phi) is 4.24. The monoisotopic (exact) mass is 335 g/mol. The van der Waals surface area contributed by atoms with E-state index in [1.165, 1.54) is 12.1 Å². The lowest BCUT2D eigenvalue weighted by atomic mass is 10.3. The third-order valence-corrected chi connectivity index (χ3v) is 4.79. The zero-order chi connectivity index (χ0) is 14.9. The first kappa shape index (κ1) is 15.1. The summed E-state index contributed by atoms with van der Waals surface area (Å²) in [5.74, 6) is 0.591. The number of anilines is 1. The first-order valence-electron chi connectivity index (χ1n) is 5.46. The molecule has 108 valence electrons. The Morgan fingerprint density at radius 2 is 2.10 bits per heavy atom. The lowest BCUT2D eigenvalue weighted by Gasteiger charge is -2.09. The fourth-order valence-electron chi connectivity index (χ4n) is 1.50. The van der Waals surface area contributed by atoms with E-state index in [4.69, 9.17) is 33.5 Å². The Labute approximate surface area is 125 Å². The molecule has 0 amide bonds. The van der Waals surface area contributed by atoms with Gasteiger partial charge in [-0.15, -0.1) is 0 Å². The number of aryl methyl sites for hydroxylation is 1. The standard InChI is InChI=1S/C11H11Cl2N3O3S/c1-6-4-7(16-19-6)5-15-20(17,18)9-3-2-8(12)11(14)10(9)13/h2-4,15H,5,14H2,1H3. The zero-order valence-corrected chi connectivity index (χ0v) is 12.7. The van der Waals surface area contributed by atoms with Gasteiger partial charge in [0.2, 0.25) is 10.0 Å². The molecular formula is C11H11Cl2N3O3S. The number of nitrogens with one attached hydrogen (secondary N) is 1. The number of nitrogens with zero attached hydrogens (tertiary/aromatic N) is 1. The molecule has 0 atom stereocenters. The van der Waals surface area contributed by atoms with E-state index in [9.17, 15) is 8.42 Å². The van der Waals surface area contributed by atoms with Gasteiger partial charge in [0, 0.05) is 6.07 Å². The van der Waals surface area contributed by atoms with Crippen LogP contribution in [0.5, 0.6) is 0 Å². The average molecular weight is 336 g/mol. The number of aromatic nitrogens is 1. The van der Waals surface area contributed by atoms with Gasteiger partial charge in [-0.25, -0.2) is 13.1 Å². The Hall–Kier alpha value is -1.28. The van der Waals surface area contributed by atoms with Crippen LogP contribution >= 0.6 is 23.2 Å².